The van der Waals surface area contributed by atoms with Crippen molar-refractivity contribution in [1.82, 2.24) is 4.90 Å². The lowest BCUT2D eigenvalue weighted by atomic mass is 9.74. The predicted molar refractivity (Wildman–Crippen MR) is 94.8 cm³/mol. The van der Waals surface area contributed by atoms with Crippen molar-refractivity contribution in [2.75, 3.05) is 20.1 Å². The highest BCUT2D eigenvalue weighted by Crippen LogP contribution is 2.60. The molecule has 2 heteroatoms. The molecule has 2 heterocycles. The van der Waals surface area contributed by atoms with E-state index in [1.807, 2.05) is 0 Å². The summed E-state index contributed by atoms with van der Waals surface area (Å²) in [6.45, 7) is 4.69. The minimum atomic E-state index is 0.350. The molecule has 22 heavy (non-hydrogen) atoms. The van der Waals surface area contributed by atoms with Crippen LogP contribution in [0.1, 0.15) is 35.4 Å². The Labute approximate surface area is 137 Å². The molecular formula is C20H23NS. The van der Waals surface area contributed by atoms with Crippen LogP contribution in [0.4, 0.5) is 0 Å². The number of hydrogen-bond donors (Lipinski definition) is 0. The molecule has 0 radical (unpaired) electrons. The summed E-state index contributed by atoms with van der Waals surface area (Å²) in [7, 11) is 2.25. The zero-order chi connectivity index (χ0) is 15.2. The second-order valence-corrected chi connectivity index (χ2v) is 8.25. The standard InChI is InChI=1S/C20H23NS/c1-15-7-3-4-8-16(15)19-17-9-5-6-10-18(17)22-20(19)11-13-21(2)14-12-20/h3-10,19H,11-14H2,1-2H3/t19-/m1/s1. The van der Waals surface area contributed by atoms with Gasteiger partial charge in [0.25, 0.3) is 0 Å². The van der Waals surface area contributed by atoms with E-state index in [1.165, 1.54) is 42.0 Å². The summed E-state index contributed by atoms with van der Waals surface area (Å²) in [5.74, 6) is 0.545. The van der Waals surface area contributed by atoms with Crippen LogP contribution >= 0.6 is 11.8 Å². The molecule has 1 spiro atoms. The van der Waals surface area contributed by atoms with E-state index in [0.717, 1.165) is 0 Å². The molecule has 0 aromatic heterocycles. The van der Waals surface area contributed by atoms with Gasteiger partial charge in [-0.25, -0.2) is 0 Å². The van der Waals surface area contributed by atoms with Crippen molar-refractivity contribution in [3.05, 3.63) is 65.2 Å². The first-order valence-electron chi connectivity index (χ1n) is 8.22. The van der Waals surface area contributed by atoms with Crippen LogP contribution in [0.2, 0.25) is 0 Å². The summed E-state index contributed by atoms with van der Waals surface area (Å²) in [6, 6.07) is 18.1. The molecule has 0 saturated carbocycles. The monoisotopic (exact) mass is 309 g/mol. The fourth-order valence-electron chi connectivity index (χ4n) is 4.12. The average molecular weight is 309 g/mol. The van der Waals surface area contributed by atoms with E-state index in [4.69, 9.17) is 0 Å². The number of benzene rings is 2. The van der Waals surface area contributed by atoms with E-state index in [9.17, 15) is 0 Å². The van der Waals surface area contributed by atoms with Gasteiger partial charge in [-0.3, -0.25) is 0 Å². The van der Waals surface area contributed by atoms with Crippen molar-refractivity contribution in [3.8, 4) is 0 Å². The maximum Gasteiger partial charge on any atom is 0.0341 e. The summed E-state index contributed by atoms with van der Waals surface area (Å²) >= 11 is 2.15. The Hall–Kier alpha value is -1.25. The highest BCUT2D eigenvalue weighted by Gasteiger charge is 2.48. The Balaban J connectivity index is 1.85. The summed E-state index contributed by atoms with van der Waals surface area (Å²) < 4.78 is 0.350. The van der Waals surface area contributed by atoms with E-state index in [1.54, 1.807) is 5.56 Å². The summed E-state index contributed by atoms with van der Waals surface area (Å²) in [5.41, 5.74) is 4.51. The van der Waals surface area contributed by atoms with Gasteiger partial charge in [-0.1, -0.05) is 42.5 Å². The molecule has 2 aromatic carbocycles. The third kappa shape index (κ3) is 2.21. The Morgan fingerprint density at radius 3 is 2.32 bits per heavy atom. The van der Waals surface area contributed by atoms with Gasteiger partial charge in [-0.15, -0.1) is 11.8 Å². The third-order valence-electron chi connectivity index (χ3n) is 5.40. The van der Waals surface area contributed by atoms with Crippen LogP contribution in [0.3, 0.4) is 0 Å². The minimum Gasteiger partial charge on any atom is -0.306 e. The van der Waals surface area contributed by atoms with E-state index in [0.29, 0.717) is 10.7 Å². The first-order valence-corrected chi connectivity index (χ1v) is 9.03. The van der Waals surface area contributed by atoms with Crippen LogP contribution in [0.25, 0.3) is 0 Å². The Morgan fingerprint density at radius 1 is 0.955 bits per heavy atom. The molecule has 2 aliphatic heterocycles. The Bertz CT molecular complexity index is 686. The second kappa shape index (κ2) is 5.43. The van der Waals surface area contributed by atoms with Gasteiger partial charge < -0.3 is 4.90 Å². The lowest BCUT2D eigenvalue weighted by molar-refractivity contribution is 0.230. The van der Waals surface area contributed by atoms with Crippen molar-refractivity contribution < 1.29 is 0 Å². The number of aryl methyl sites for hydroxylation is 1. The maximum atomic E-state index is 2.48. The molecule has 2 aliphatic rings. The van der Waals surface area contributed by atoms with Gasteiger partial charge in [0.2, 0.25) is 0 Å². The zero-order valence-corrected chi connectivity index (χ0v) is 14.2. The van der Waals surface area contributed by atoms with Crippen LogP contribution in [0.5, 0.6) is 0 Å². The largest absolute Gasteiger partial charge is 0.306 e. The number of nitrogens with zero attached hydrogens (tertiary/aromatic N) is 1. The van der Waals surface area contributed by atoms with Crippen molar-refractivity contribution in [1.29, 1.82) is 0 Å². The fraction of sp³-hybridized carbons (Fsp3) is 0.400. The van der Waals surface area contributed by atoms with E-state index < -0.39 is 0 Å². The number of thioether (sulfide) groups is 1. The van der Waals surface area contributed by atoms with Gasteiger partial charge in [0.15, 0.2) is 0 Å². The number of hydrogen-bond acceptors (Lipinski definition) is 2. The lowest BCUT2D eigenvalue weighted by Crippen LogP contribution is -2.43. The van der Waals surface area contributed by atoms with Crippen LogP contribution in [-0.2, 0) is 0 Å². The number of rotatable bonds is 1. The van der Waals surface area contributed by atoms with Gasteiger partial charge in [0.05, 0.1) is 0 Å². The molecule has 1 saturated heterocycles. The van der Waals surface area contributed by atoms with Gasteiger partial charge >= 0.3 is 0 Å². The first kappa shape index (κ1) is 14.3. The zero-order valence-electron chi connectivity index (χ0n) is 13.4. The predicted octanol–water partition coefficient (Wildman–Crippen LogP) is 4.70. The molecule has 0 unspecified atom stereocenters. The van der Waals surface area contributed by atoms with E-state index >= 15 is 0 Å². The fourth-order valence-corrected chi connectivity index (χ4v) is 5.77. The lowest BCUT2D eigenvalue weighted by Gasteiger charge is -2.42. The van der Waals surface area contributed by atoms with Crippen molar-refractivity contribution in [2.24, 2.45) is 0 Å². The van der Waals surface area contributed by atoms with E-state index in [2.05, 4.69) is 79.2 Å². The molecular weight excluding hydrogens is 286 g/mol. The topological polar surface area (TPSA) is 3.24 Å². The molecule has 1 fully saturated rings. The maximum absolute atomic E-state index is 2.48. The van der Waals surface area contributed by atoms with E-state index in [-0.39, 0.29) is 0 Å². The highest BCUT2D eigenvalue weighted by atomic mass is 32.2. The number of piperidine rings is 1. The third-order valence-corrected chi connectivity index (χ3v) is 7.04. The quantitative estimate of drug-likeness (QED) is 0.751. The summed E-state index contributed by atoms with van der Waals surface area (Å²) in [5, 5.41) is 0. The van der Waals surface area contributed by atoms with Crippen LogP contribution in [0.15, 0.2) is 53.4 Å². The Morgan fingerprint density at radius 2 is 1.59 bits per heavy atom. The summed E-state index contributed by atoms with van der Waals surface area (Å²) in [6.07, 6.45) is 2.56. The molecule has 1 atom stereocenters. The smallest absolute Gasteiger partial charge is 0.0341 e. The molecule has 114 valence electrons. The van der Waals surface area contributed by atoms with Crippen LogP contribution in [-0.4, -0.2) is 29.8 Å². The number of fused-ring (bicyclic) bond motifs is 1. The van der Waals surface area contributed by atoms with Crippen molar-refractivity contribution in [3.63, 3.8) is 0 Å². The molecule has 1 nitrogen and oxygen atoms in total. The molecule has 0 aliphatic carbocycles. The SMILES string of the molecule is Cc1ccccc1[C@@H]1c2ccccc2SC12CCN(C)CC2. The molecule has 0 N–H and O–H groups in total. The van der Waals surface area contributed by atoms with Gasteiger partial charge in [0.1, 0.15) is 0 Å². The number of likely N-dealkylation sites (tertiary alicyclic amines) is 1. The van der Waals surface area contributed by atoms with Gasteiger partial charge in [-0.05, 0) is 62.7 Å². The van der Waals surface area contributed by atoms with Crippen LogP contribution < -0.4 is 0 Å². The van der Waals surface area contributed by atoms with Gasteiger partial charge in [-0.2, -0.15) is 0 Å². The molecule has 4 rings (SSSR count). The summed E-state index contributed by atoms with van der Waals surface area (Å²) in [4.78, 5) is 3.98. The molecule has 0 bridgehead atoms. The normalized spacial score (nSPS) is 23.6. The van der Waals surface area contributed by atoms with Crippen LogP contribution in [0, 0.1) is 6.92 Å². The minimum absolute atomic E-state index is 0.350. The van der Waals surface area contributed by atoms with Crippen molar-refractivity contribution >= 4 is 11.8 Å². The van der Waals surface area contributed by atoms with Crippen molar-refractivity contribution in [2.45, 2.75) is 35.3 Å². The van der Waals surface area contributed by atoms with Gasteiger partial charge in [0, 0.05) is 15.6 Å². The molecule has 0 amide bonds. The molecule has 2 aromatic rings. The highest BCUT2D eigenvalue weighted by molar-refractivity contribution is 8.01. The first-order chi connectivity index (χ1) is 10.7. The average Bonchev–Trinajstić information content (AvgIpc) is 2.85. The Kier molecular flexibility index (Phi) is 3.54. The second-order valence-electron chi connectivity index (χ2n) is 6.80.